The van der Waals surface area contributed by atoms with E-state index in [1.54, 1.807) is 24.3 Å². The van der Waals surface area contributed by atoms with Crippen molar-refractivity contribution in [1.29, 1.82) is 0 Å². The molecule has 1 heterocycles. The zero-order valence-corrected chi connectivity index (χ0v) is 19.2. The minimum atomic E-state index is -0.797. The van der Waals surface area contributed by atoms with Crippen molar-refractivity contribution in [1.82, 2.24) is 5.32 Å². The van der Waals surface area contributed by atoms with Crippen LogP contribution in [0, 0.1) is 0 Å². The summed E-state index contributed by atoms with van der Waals surface area (Å²) in [5, 5.41) is 2.50. The fourth-order valence-corrected chi connectivity index (χ4v) is 3.43. The highest BCUT2D eigenvalue weighted by atomic mass is 35.5. The van der Waals surface area contributed by atoms with Gasteiger partial charge in [0.15, 0.2) is 11.5 Å². The van der Waals surface area contributed by atoms with Crippen molar-refractivity contribution in [2.75, 3.05) is 12.0 Å². The molecule has 7 nitrogen and oxygen atoms in total. The first kappa shape index (κ1) is 23.3. The van der Waals surface area contributed by atoms with E-state index in [-0.39, 0.29) is 16.7 Å². The average molecular weight is 457 g/mol. The van der Waals surface area contributed by atoms with Crippen molar-refractivity contribution in [2.24, 2.45) is 0 Å². The Morgan fingerprint density at radius 2 is 1.81 bits per heavy atom. The molecule has 8 heteroatoms. The second-order valence-corrected chi connectivity index (χ2v) is 7.76. The minimum Gasteiger partial charge on any atom is -0.493 e. The maximum absolute atomic E-state index is 13.1. The molecule has 4 amide bonds. The lowest BCUT2D eigenvalue weighted by atomic mass is 10.1. The molecule has 1 saturated heterocycles. The second-order valence-electron chi connectivity index (χ2n) is 7.35. The largest absolute Gasteiger partial charge is 0.493 e. The van der Waals surface area contributed by atoms with Gasteiger partial charge < -0.3 is 9.47 Å². The molecule has 1 aliphatic rings. The number of urea groups is 1. The summed E-state index contributed by atoms with van der Waals surface area (Å²) in [5.41, 5.74) is 1.69. The van der Waals surface area contributed by atoms with Gasteiger partial charge in [-0.15, -0.1) is 0 Å². The van der Waals surface area contributed by atoms with Crippen LogP contribution in [0.4, 0.5) is 10.5 Å². The fourth-order valence-electron chi connectivity index (χ4n) is 3.16. The van der Waals surface area contributed by atoms with Gasteiger partial charge >= 0.3 is 6.03 Å². The van der Waals surface area contributed by atoms with Crippen LogP contribution in [-0.4, -0.2) is 31.1 Å². The number of halogens is 1. The highest BCUT2D eigenvalue weighted by molar-refractivity contribution is 6.39. The molecule has 1 aliphatic heterocycles. The first-order valence-electron chi connectivity index (χ1n) is 10.3. The number of anilines is 1. The summed E-state index contributed by atoms with van der Waals surface area (Å²) >= 11 is 6.40. The number of methoxy groups -OCH3 is 1. The predicted octanol–water partition coefficient (Wildman–Crippen LogP) is 4.75. The van der Waals surface area contributed by atoms with Gasteiger partial charge in [-0.1, -0.05) is 37.6 Å². The molecule has 0 unspecified atom stereocenters. The van der Waals surface area contributed by atoms with Crippen molar-refractivity contribution < 1.29 is 23.9 Å². The molecule has 32 heavy (non-hydrogen) atoms. The third-order valence-electron chi connectivity index (χ3n) is 5.16. The number of rotatable bonds is 7. The number of hydrogen-bond acceptors (Lipinski definition) is 5. The molecule has 0 radical (unpaired) electrons. The molecule has 1 N–H and O–H groups in total. The van der Waals surface area contributed by atoms with E-state index in [4.69, 9.17) is 21.1 Å². The van der Waals surface area contributed by atoms with Crippen molar-refractivity contribution in [3.63, 3.8) is 0 Å². The van der Waals surface area contributed by atoms with Crippen molar-refractivity contribution >= 4 is 41.2 Å². The predicted molar refractivity (Wildman–Crippen MR) is 123 cm³/mol. The number of carbonyl (C=O) groups is 3. The van der Waals surface area contributed by atoms with Crippen LogP contribution in [0.2, 0.25) is 5.02 Å². The molecule has 1 fully saturated rings. The van der Waals surface area contributed by atoms with Crippen LogP contribution in [0.1, 0.15) is 38.3 Å². The summed E-state index contributed by atoms with van der Waals surface area (Å²) < 4.78 is 11.2. The summed E-state index contributed by atoms with van der Waals surface area (Å²) in [6.45, 7) is 5.90. The minimum absolute atomic E-state index is 0.0741. The van der Waals surface area contributed by atoms with Gasteiger partial charge in [0.05, 0.1) is 23.9 Å². The Hall–Kier alpha value is -3.32. The number of hydrogen-bond donors (Lipinski definition) is 1. The van der Waals surface area contributed by atoms with E-state index in [9.17, 15) is 14.4 Å². The molecule has 1 atom stereocenters. The number of nitrogens with zero attached hydrogens (tertiary/aromatic N) is 1. The topological polar surface area (TPSA) is 84.9 Å². The van der Waals surface area contributed by atoms with Crippen LogP contribution in [0.15, 0.2) is 42.0 Å². The maximum Gasteiger partial charge on any atom is 0.335 e. The third-order valence-corrected chi connectivity index (χ3v) is 5.44. The molecular weight excluding hydrogens is 432 g/mol. The zero-order chi connectivity index (χ0) is 23.4. The molecule has 0 spiro atoms. The number of carbonyl (C=O) groups excluding carboxylic acids is 3. The lowest BCUT2D eigenvalue weighted by molar-refractivity contribution is -0.122. The van der Waals surface area contributed by atoms with E-state index >= 15 is 0 Å². The zero-order valence-electron chi connectivity index (χ0n) is 18.4. The lowest BCUT2D eigenvalue weighted by Crippen LogP contribution is -2.54. The van der Waals surface area contributed by atoms with E-state index in [1.165, 1.54) is 13.2 Å². The van der Waals surface area contributed by atoms with E-state index in [0.717, 1.165) is 23.3 Å². The number of imide groups is 2. The SMILES string of the molecule is CCc1ccc(N2C(=O)NC(=O)/C(=C\c3cc(Cl)c(O[C@@H](C)CC)c(OC)c3)C2=O)cc1. The Morgan fingerprint density at radius 1 is 1.12 bits per heavy atom. The third kappa shape index (κ3) is 4.78. The van der Waals surface area contributed by atoms with Gasteiger partial charge in [-0.05, 0) is 61.2 Å². The van der Waals surface area contributed by atoms with Crippen LogP contribution < -0.4 is 19.7 Å². The normalized spacial score (nSPS) is 16.2. The molecule has 2 aromatic rings. The summed E-state index contributed by atoms with van der Waals surface area (Å²) in [6, 6.07) is 9.40. The Bertz CT molecular complexity index is 1080. The van der Waals surface area contributed by atoms with Gasteiger partial charge in [-0.2, -0.15) is 0 Å². The Labute approximate surface area is 191 Å². The number of amides is 4. The highest BCUT2D eigenvalue weighted by Crippen LogP contribution is 2.38. The molecule has 2 aromatic carbocycles. The van der Waals surface area contributed by atoms with Gasteiger partial charge in [0, 0.05) is 0 Å². The van der Waals surface area contributed by atoms with Crippen LogP contribution >= 0.6 is 11.6 Å². The first-order chi connectivity index (χ1) is 15.3. The average Bonchev–Trinajstić information content (AvgIpc) is 2.78. The fraction of sp³-hybridized carbons (Fsp3) is 0.292. The Kier molecular flexibility index (Phi) is 7.20. The van der Waals surface area contributed by atoms with E-state index in [2.05, 4.69) is 5.32 Å². The molecule has 0 aliphatic carbocycles. The Morgan fingerprint density at radius 3 is 2.41 bits per heavy atom. The monoisotopic (exact) mass is 456 g/mol. The van der Waals surface area contributed by atoms with Gasteiger partial charge in [-0.3, -0.25) is 14.9 Å². The van der Waals surface area contributed by atoms with Gasteiger partial charge in [0.1, 0.15) is 5.57 Å². The quantitative estimate of drug-likeness (QED) is 0.480. The molecule has 168 valence electrons. The summed E-state index contributed by atoms with van der Waals surface area (Å²) in [7, 11) is 1.48. The van der Waals surface area contributed by atoms with Gasteiger partial charge in [0.2, 0.25) is 0 Å². The lowest BCUT2D eigenvalue weighted by Gasteiger charge is -2.26. The number of benzene rings is 2. The van der Waals surface area contributed by atoms with Crippen LogP contribution in [0.5, 0.6) is 11.5 Å². The maximum atomic E-state index is 13.1. The van der Waals surface area contributed by atoms with Gasteiger partial charge in [0.25, 0.3) is 11.8 Å². The van der Waals surface area contributed by atoms with E-state index < -0.39 is 17.8 Å². The van der Waals surface area contributed by atoms with Crippen LogP contribution in [-0.2, 0) is 16.0 Å². The standard InChI is InChI=1S/C24H25ClN2O5/c1-5-14(3)32-21-19(25)12-16(13-20(21)31-4)11-18-22(28)26-24(30)27(23(18)29)17-9-7-15(6-2)8-10-17/h7-14H,5-6H2,1-4H3,(H,26,28,30)/b18-11+/t14-/m0/s1. The van der Waals surface area contributed by atoms with Crippen molar-refractivity contribution in [2.45, 2.75) is 39.7 Å². The first-order valence-corrected chi connectivity index (χ1v) is 10.7. The summed E-state index contributed by atoms with van der Waals surface area (Å²) in [4.78, 5) is 38.9. The van der Waals surface area contributed by atoms with Crippen LogP contribution in [0.25, 0.3) is 6.08 Å². The highest BCUT2D eigenvalue weighted by Gasteiger charge is 2.36. The van der Waals surface area contributed by atoms with E-state index in [0.29, 0.717) is 22.7 Å². The molecule has 0 aromatic heterocycles. The molecule has 3 rings (SSSR count). The van der Waals surface area contributed by atoms with E-state index in [1.807, 2.05) is 32.9 Å². The van der Waals surface area contributed by atoms with Gasteiger partial charge in [-0.25, -0.2) is 9.69 Å². The number of aryl methyl sites for hydroxylation is 1. The van der Waals surface area contributed by atoms with Crippen LogP contribution in [0.3, 0.4) is 0 Å². The van der Waals surface area contributed by atoms with Crippen molar-refractivity contribution in [3.8, 4) is 11.5 Å². The Balaban J connectivity index is 1.99. The number of nitrogens with one attached hydrogen (secondary N) is 1. The smallest absolute Gasteiger partial charge is 0.335 e. The second kappa shape index (κ2) is 9.87. The number of barbiturate groups is 1. The summed E-state index contributed by atoms with van der Waals surface area (Å²) in [6.07, 6.45) is 2.90. The molecule has 0 bridgehead atoms. The summed E-state index contributed by atoms with van der Waals surface area (Å²) in [5.74, 6) is -0.747. The molecular formula is C24H25ClN2O5. The number of ether oxygens (including phenoxy) is 2. The van der Waals surface area contributed by atoms with Crippen molar-refractivity contribution in [3.05, 3.63) is 58.1 Å². The molecule has 0 saturated carbocycles.